The monoisotopic (exact) mass is 268 g/mol. The van der Waals surface area contributed by atoms with Crippen molar-refractivity contribution in [3.63, 3.8) is 0 Å². The lowest BCUT2D eigenvalue weighted by molar-refractivity contribution is 0.393. The molecule has 4 nitrogen and oxygen atoms in total. The van der Waals surface area contributed by atoms with Crippen molar-refractivity contribution >= 4 is 10.0 Å². The first-order valence-electron chi connectivity index (χ1n) is 6.26. The van der Waals surface area contributed by atoms with E-state index in [1.54, 1.807) is 16.4 Å². The Morgan fingerprint density at radius 2 is 2.06 bits per heavy atom. The van der Waals surface area contributed by atoms with Gasteiger partial charge < -0.3 is 5.73 Å². The van der Waals surface area contributed by atoms with Gasteiger partial charge in [0.25, 0.3) is 0 Å². The Kier molecular flexibility index (Phi) is 3.75. The molecule has 0 saturated carbocycles. The van der Waals surface area contributed by atoms with Crippen molar-refractivity contribution in [1.29, 1.82) is 0 Å². The summed E-state index contributed by atoms with van der Waals surface area (Å²) in [4.78, 5) is 0.381. The minimum Gasteiger partial charge on any atom is -0.329 e. The van der Waals surface area contributed by atoms with E-state index in [4.69, 9.17) is 5.73 Å². The van der Waals surface area contributed by atoms with Crippen molar-refractivity contribution in [2.24, 2.45) is 5.73 Å². The Morgan fingerprint density at radius 3 is 2.67 bits per heavy atom. The van der Waals surface area contributed by atoms with Crippen LogP contribution in [-0.4, -0.2) is 31.9 Å². The zero-order valence-electron chi connectivity index (χ0n) is 10.9. The van der Waals surface area contributed by atoms with Crippen LogP contribution >= 0.6 is 0 Å². The quantitative estimate of drug-likeness (QED) is 0.901. The minimum absolute atomic E-state index is 0.0448. The molecule has 1 fully saturated rings. The molecule has 1 aromatic rings. The molecule has 5 heteroatoms. The molecule has 18 heavy (non-hydrogen) atoms. The highest BCUT2D eigenvalue weighted by molar-refractivity contribution is 7.89. The van der Waals surface area contributed by atoms with E-state index in [1.165, 1.54) is 0 Å². The van der Waals surface area contributed by atoms with Crippen LogP contribution in [0.25, 0.3) is 0 Å². The van der Waals surface area contributed by atoms with E-state index in [2.05, 4.69) is 0 Å². The van der Waals surface area contributed by atoms with Crippen molar-refractivity contribution in [2.75, 3.05) is 13.1 Å². The van der Waals surface area contributed by atoms with Crippen LogP contribution < -0.4 is 5.73 Å². The van der Waals surface area contributed by atoms with Gasteiger partial charge in [-0.3, -0.25) is 0 Å². The van der Waals surface area contributed by atoms with Crippen LogP contribution in [0, 0.1) is 13.8 Å². The summed E-state index contributed by atoms with van der Waals surface area (Å²) in [5, 5.41) is 0. The molecule has 1 heterocycles. The second kappa shape index (κ2) is 4.99. The molecule has 1 atom stereocenters. The molecular formula is C13H20N2O2S. The minimum atomic E-state index is -3.39. The van der Waals surface area contributed by atoms with Crippen LogP contribution in [0.3, 0.4) is 0 Å². The van der Waals surface area contributed by atoms with Crippen molar-refractivity contribution in [3.8, 4) is 0 Å². The van der Waals surface area contributed by atoms with Crippen molar-refractivity contribution in [3.05, 3.63) is 29.3 Å². The number of benzene rings is 1. The number of nitrogens with two attached hydrogens (primary N) is 1. The molecule has 2 N–H and O–H groups in total. The Balaban J connectivity index is 2.38. The van der Waals surface area contributed by atoms with Gasteiger partial charge in [-0.25, -0.2) is 8.42 Å². The molecule has 0 aromatic heterocycles. The Bertz CT molecular complexity index is 540. The molecule has 1 aliphatic rings. The number of nitrogens with zero attached hydrogens (tertiary/aromatic N) is 1. The van der Waals surface area contributed by atoms with Crippen LogP contribution in [0.1, 0.15) is 24.0 Å². The van der Waals surface area contributed by atoms with E-state index >= 15 is 0 Å². The number of aryl methyl sites for hydroxylation is 2. The lowest BCUT2D eigenvalue weighted by Gasteiger charge is -2.23. The fourth-order valence-corrected chi connectivity index (χ4v) is 4.16. The second-order valence-corrected chi connectivity index (χ2v) is 6.78. The van der Waals surface area contributed by atoms with Crippen LogP contribution in [0.4, 0.5) is 0 Å². The second-order valence-electron chi connectivity index (χ2n) is 4.89. The summed E-state index contributed by atoms with van der Waals surface area (Å²) in [6.45, 7) is 4.88. The standard InChI is InChI=1S/C13H20N2O2S/c1-10-5-6-13(8-11(10)2)18(16,17)15-7-3-4-12(15)9-14/h5-6,8,12H,3-4,7,9,14H2,1-2H3/t12-/m0/s1. The predicted octanol–water partition coefficient (Wildman–Crippen LogP) is 1.42. The molecule has 0 unspecified atom stereocenters. The maximum absolute atomic E-state index is 12.5. The van der Waals surface area contributed by atoms with Crippen LogP contribution in [0.5, 0.6) is 0 Å². The maximum Gasteiger partial charge on any atom is 0.243 e. The molecule has 1 saturated heterocycles. The highest BCUT2D eigenvalue weighted by Gasteiger charge is 2.34. The van der Waals surface area contributed by atoms with Gasteiger partial charge in [-0.1, -0.05) is 6.07 Å². The molecule has 0 radical (unpaired) electrons. The third-order valence-corrected chi connectivity index (χ3v) is 5.63. The summed E-state index contributed by atoms with van der Waals surface area (Å²) in [5.41, 5.74) is 7.75. The van der Waals surface area contributed by atoms with Gasteiger partial charge in [0.15, 0.2) is 0 Å². The number of rotatable bonds is 3. The lowest BCUT2D eigenvalue weighted by atomic mass is 10.1. The average molecular weight is 268 g/mol. The van der Waals surface area contributed by atoms with Gasteiger partial charge in [0.1, 0.15) is 0 Å². The van der Waals surface area contributed by atoms with Crippen molar-refractivity contribution in [1.82, 2.24) is 4.31 Å². The van der Waals surface area contributed by atoms with E-state index in [0.29, 0.717) is 18.0 Å². The van der Waals surface area contributed by atoms with Crippen LogP contribution in [0.2, 0.25) is 0 Å². The Hall–Kier alpha value is -0.910. The zero-order valence-corrected chi connectivity index (χ0v) is 11.7. The van der Waals surface area contributed by atoms with E-state index in [9.17, 15) is 8.42 Å². The summed E-state index contributed by atoms with van der Waals surface area (Å²) in [6, 6.07) is 5.24. The normalized spacial score (nSPS) is 21.4. The highest BCUT2D eigenvalue weighted by Crippen LogP contribution is 2.26. The van der Waals surface area contributed by atoms with Gasteiger partial charge in [0.2, 0.25) is 10.0 Å². The van der Waals surface area contributed by atoms with Crippen molar-refractivity contribution in [2.45, 2.75) is 37.6 Å². The first kappa shape index (κ1) is 13.5. The molecular weight excluding hydrogens is 248 g/mol. The third-order valence-electron chi connectivity index (χ3n) is 3.68. The third kappa shape index (κ3) is 2.30. The first-order chi connectivity index (χ1) is 8.46. The fraction of sp³-hybridized carbons (Fsp3) is 0.538. The van der Waals surface area contributed by atoms with E-state index in [1.807, 2.05) is 19.9 Å². The molecule has 0 amide bonds. The summed E-state index contributed by atoms with van der Waals surface area (Å²) >= 11 is 0. The molecule has 1 aromatic carbocycles. The number of hydrogen-bond donors (Lipinski definition) is 1. The molecule has 0 aliphatic carbocycles. The van der Waals surface area contributed by atoms with Crippen LogP contribution in [-0.2, 0) is 10.0 Å². The molecule has 100 valence electrons. The van der Waals surface area contributed by atoms with Gasteiger partial charge in [0.05, 0.1) is 4.90 Å². The number of hydrogen-bond acceptors (Lipinski definition) is 3. The summed E-state index contributed by atoms with van der Waals surface area (Å²) < 4.78 is 26.6. The van der Waals surface area contributed by atoms with E-state index in [0.717, 1.165) is 24.0 Å². The SMILES string of the molecule is Cc1ccc(S(=O)(=O)N2CCC[C@H]2CN)cc1C. The van der Waals surface area contributed by atoms with Gasteiger partial charge in [-0.2, -0.15) is 4.31 Å². The summed E-state index contributed by atoms with van der Waals surface area (Å²) in [7, 11) is -3.39. The molecule has 0 spiro atoms. The lowest BCUT2D eigenvalue weighted by Crippen LogP contribution is -2.39. The summed E-state index contributed by atoms with van der Waals surface area (Å²) in [5.74, 6) is 0. The van der Waals surface area contributed by atoms with Gasteiger partial charge in [-0.15, -0.1) is 0 Å². The zero-order chi connectivity index (χ0) is 13.3. The van der Waals surface area contributed by atoms with Crippen LogP contribution in [0.15, 0.2) is 23.1 Å². The largest absolute Gasteiger partial charge is 0.329 e. The molecule has 2 rings (SSSR count). The molecule has 0 bridgehead atoms. The number of sulfonamides is 1. The average Bonchev–Trinajstić information content (AvgIpc) is 2.81. The maximum atomic E-state index is 12.5. The fourth-order valence-electron chi connectivity index (χ4n) is 2.37. The van der Waals surface area contributed by atoms with E-state index in [-0.39, 0.29) is 6.04 Å². The first-order valence-corrected chi connectivity index (χ1v) is 7.70. The Morgan fingerprint density at radius 1 is 1.33 bits per heavy atom. The van der Waals surface area contributed by atoms with Gasteiger partial charge in [0, 0.05) is 19.1 Å². The van der Waals surface area contributed by atoms with Crippen molar-refractivity contribution < 1.29 is 8.42 Å². The highest BCUT2D eigenvalue weighted by atomic mass is 32.2. The van der Waals surface area contributed by atoms with E-state index < -0.39 is 10.0 Å². The Labute approximate surface area is 109 Å². The predicted molar refractivity (Wildman–Crippen MR) is 71.9 cm³/mol. The molecule has 1 aliphatic heterocycles. The van der Waals surface area contributed by atoms with Gasteiger partial charge >= 0.3 is 0 Å². The summed E-state index contributed by atoms with van der Waals surface area (Å²) in [6.07, 6.45) is 1.76. The van der Waals surface area contributed by atoms with Gasteiger partial charge in [-0.05, 0) is 49.9 Å². The topological polar surface area (TPSA) is 63.4 Å². The smallest absolute Gasteiger partial charge is 0.243 e.